The number of carbonyl (C=O) groups is 3. The maximum Gasteiger partial charge on any atom is 0.335 e. The summed E-state index contributed by atoms with van der Waals surface area (Å²) in [4.78, 5) is 39.1. The summed E-state index contributed by atoms with van der Waals surface area (Å²) in [5.41, 5.74) is 2.72. The molecule has 5 rings (SSSR count). The smallest absolute Gasteiger partial charge is 0.335 e. The highest BCUT2D eigenvalue weighted by atomic mass is 19.1. The van der Waals surface area contributed by atoms with E-state index < -0.39 is 23.7 Å². The Morgan fingerprint density at radius 3 is 2.54 bits per heavy atom. The number of nitrogens with zero attached hydrogens (tertiary/aromatic N) is 2. The molecule has 0 atom stereocenters. The summed E-state index contributed by atoms with van der Waals surface area (Å²) in [7, 11) is 0. The molecule has 1 aromatic heterocycles. The monoisotopic (exact) mass is 497 g/mol. The summed E-state index contributed by atoms with van der Waals surface area (Å²) in [5.74, 6) is -1.23. The molecule has 1 N–H and O–H groups in total. The van der Waals surface area contributed by atoms with E-state index in [4.69, 9.17) is 4.74 Å². The van der Waals surface area contributed by atoms with Crippen molar-refractivity contribution in [2.75, 3.05) is 11.5 Å². The van der Waals surface area contributed by atoms with Gasteiger partial charge in [-0.3, -0.25) is 14.9 Å². The van der Waals surface area contributed by atoms with E-state index in [1.807, 2.05) is 61.7 Å². The number of ether oxygens (including phenoxy) is 1. The Bertz CT molecular complexity index is 1540. The number of aryl methyl sites for hydroxylation is 2. The molecule has 3 aromatic carbocycles. The molecule has 0 saturated carbocycles. The van der Waals surface area contributed by atoms with Crippen LogP contribution in [0.3, 0.4) is 0 Å². The maximum atomic E-state index is 13.4. The van der Waals surface area contributed by atoms with Gasteiger partial charge in [-0.15, -0.1) is 0 Å². The van der Waals surface area contributed by atoms with Crippen LogP contribution in [0, 0.1) is 12.7 Å². The van der Waals surface area contributed by atoms with E-state index in [0.717, 1.165) is 45.7 Å². The van der Waals surface area contributed by atoms with Gasteiger partial charge in [-0.25, -0.2) is 14.1 Å². The molecule has 0 bridgehead atoms. The predicted octanol–water partition coefficient (Wildman–Crippen LogP) is 5.22. The van der Waals surface area contributed by atoms with Gasteiger partial charge in [0.1, 0.15) is 17.1 Å². The fraction of sp³-hybridized carbons (Fsp3) is 0.138. The van der Waals surface area contributed by atoms with Crippen LogP contribution in [0.4, 0.5) is 14.9 Å². The number of para-hydroxylation sites is 1. The highest BCUT2D eigenvalue weighted by Gasteiger charge is 2.37. The lowest BCUT2D eigenvalue weighted by molar-refractivity contribution is -0.122. The largest absolute Gasteiger partial charge is 0.494 e. The SMILES string of the molecule is Cc1cccc(OCCCn2cc(/C=C3\C(=O)NC(=O)N(c4ccc(F)cc4)C3=O)c3ccccc32)c1. The highest BCUT2D eigenvalue weighted by Crippen LogP contribution is 2.27. The van der Waals surface area contributed by atoms with Crippen molar-refractivity contribution in [3.8, 4) is 5.75 Å². The molecule has 1 fully saturated rings. The molecule has 0 aliphatic carbocycles. The van der Waals surface area contributed by atoms with Crippen LogP contribution >= 0.6 is 0 Å². The number of imide groups is 2. The van der Waals surface area contributed by atoms with Gasteiger partial charge in [-0.2, -0.15) is 0 Å². The van der Waals surface area contributed by atoms with Gasteiger partial charge in [0.25, 0.3) is 11.8 Å². The summed E-state index contributed by atoms with van der Waals surface area (Å²) < 4.78 is 21.3. The van der Waals surface area contributed by atoms with Gasteiger partial charge < -0.3 is 9.30 Å². The number of hydrogen-bond donors (Lipinski definition) is 1. The Hall–Kier alpha value is -4.72. The number of carbonyl (C=O) groups excluding carboxylic acids is 3. The van der Waals surface area contributed by atoms with E-state index in [1.54, 1.807) is 0 Å². The number of hydrogen-bond acceptors (Lipinski definition) is 4. The van der Waals surface area contributed by atoms with Crippen molar-refractivity contribution in [2.24, 2.45) is 0 Å². The van der Waals surface area contributed by atoms with Crippen molar-refractivity contribution < 1.29 is 23.5 Å². The van der Waals surface area contributed by atoms with Crippen LogP contribution < -0.4 is 15.0 Å². The van der Waals surface area contributed by atoms with Crippen LogP contribution in [0.15, 0.2) is 84.6 Å². The first-order chi connectivity index (χ1) is 17.9. The number of fused-ring (bicyclic) bond motifs is 1. The Labute approximate surface area is 212 Å². The van der Waals surface area contributed by atoms with E-state index in [-0.39, 0.29) is 11.3 Å². The number of nitrogens with one attached hydrogen (secondary N) is 1. The molecular formula is C29H24FN3O4. The zero-order chi connectivity index (χ0) is 25.9. The van der Waals surface area contributed by atoms with Gasteiger partial charge in [-0.1, -0.05) is 30.3 Å². The van der Waals surface area contributed by atoms with E-state index in [9.17, 15) is 18.8 Å². The summed E-state index contributed by atoms with van der Waals surface area (Å²) >= 11 is 0. The predicted molar refractivity (Wildman–Crippen MR) is 139 cm³/mol. The molecule has 37 heavy (non-hydrogen) atoms. The van der Waals surface area contributed by atoms with E-state index in [1.165, 1.54) is 18.2 Å². The first-order valence-corrected chi connectivity index (χ1v) is 11.8. The number of benzene rings is 3. The second-order valence-corrected chi connectivity index (χ2v) is 8.75. The van der Waals surface area contributed by atoms with E-state index in [0.29, 0.717) is 18.7 Å². The molecule has 7 nitrogen and oxygen atoms in total. The fourth-order valence-corrected chi connectivity index (χ4v) is 4.34. The van der Waals surface area contributed by atoms with Crippen molar-refractivity contribution in [1.82, 2.24) is 9.88 Å². The average Bonchev–Trinajstić information content (AvgIpc) is 3.23. The normalized spacial score (nSPS) is 14.9. The minimum Gasteiger partial charge on any atom is -0.494 e. The molecule has 0 unspecified atom stereocenters. The van der Waals surface area contributed by atoms with Crippen molar-refractivity contribution in [3.63, 3.8) is 0 Å². The Balaban J connectivity index is 1.40. The lowest BCUT2D eigenvalue weighted by Crippen LogP contribution is -2.54. The molecule has 1 saturated heterocycles. The van der Waals surface area contributed by atoms with Gasteiger partial charge in [0.05, 0.1) is 12.3 Å². The van der Waals surface area contributed by atoms with Gasteiger partial charge in [-0.05, 0) is 67.4 Å². The van der Waals surface area contributed by atoms with Crippen molar-refractivity contribution >= 4 is 40.5 Å². The number of amides is 4. The molecule has 2 heterocycles. The number of barbiturate groups is 1. The molecule has 4 amide bonds. The summed E-state index contributed by atoms with van der Waals surface area (Å²) in [5, 5.41) is 3.06. The van der Waals surface area contributed by atoms with Crippen molar-refractivity contribution in [1.29, 1.82) is 0 Å². The van der Waals surface area contributed by atoms with Gasteiger partial charge in [0, 0.05) is 29.2 Å². The molecule has 0 radical (unpaired) electrons. The third kappa shape index (κ3) is 4.99. The molecular weight excluding hydrogens is 473 g/mol. The summed E-state index contributed by atoms with van der Waals surface area (Å²) in [6, 6.07) is 19.6. The lowest BCUT2D eigenvalue weighted by Gasteiger charge is -2.26. The summed E-state index contributed by atoms with van der Waals surface area (Å²) in [6.45, 7) is 3.21. The second-order valence-electron chi connectivity index (χ2n) is 8.75. The number of urea groups is 1. The standard InChI is InChI=1S/C29H24FN3O4/c1-19-6-4-7-23(16-19)37-15-5-14-32-18-20(24-8-2-3-9-26(24)32)17-25-27(34)31-29(36)33(28(25)35)22-12-10-21(30)11-13-22/h2-4,6-13,16-18H,5,14-15H2,1H3,(H,31,34,36)/b25-17+. The van der Waals surface area contributed by atoms with E-state index in [2.05, 4.69) is 9.88 Å². The van der Waals surface area contributed by atoms with Crippen LogP contribution in [0.5, 0.6) is 5.75 Å². The third-order valence-corrected chi connectivity index (χ3v) is 6.11. The maximum absolute atomic E-state index is 13.4. The van der Waals surface area contributed by atoms with Crippen LogP contribution in [-0.4, -0.2) is 29.0 Å². The lowest BCUT2D eigenvalue weighted by atomic mass is 10.1. The van der Waals surface area contributed by atoms with Crippen LogP contribution in [0.1, 0.15) is 17.5 Å². The van der Waals surface area contributed by atoms with Crippen molar-refractivity contribution in [2.45, 2.75) is 19.9 Å². The fourth-order valence-electron chi connectivity index (χ4n) is 4.34. The average molecular weight is 498 g/mol. The number of anilines is 1. The quantitative estimate of drug-likeness (QED) is 0.216. The molecule has 4 aromatic rings. The van der Waals surface area contributed by atoms with Gasteiger partial charge in [0.15, 0.2) is 0 Å². The molecule has 186 valence electrons. The molecule has 1 aliphatic heterocycles. The molecule has 0 spiro atoms. The minimum atomic E-state index is -0.880. The van der Waals surface area contributed by atoms with Crippen LogP contribution in [0.25, 0.3) is 17.0 Å². The summed E-state index contributed by atoms with van der Waals surface area (Å²) in [6.07, 6.45) is 4.11. The van der Waals surface area contributed by atoms with E-state index >= 15 is 0 Å². The molecule has 8 heteroatoms. The first-order valence-electron chi connectivity index (χ1n) is 11.8. The second kappa shape index (κ2) is 10.1. The topological polar surface area (TPSA) is 80.6 Å². The van der Waals surface area contributed by atoms with Crippen LogP contribution in [0.2, 0.25) is 0 Å². The number of halogens is 1. The highest BCUT2D eigenvalue weighted by molar-refractivity contribution is 6.39. The Morgan fingerprint density at radius 2 is 1.76 bits per heavy atom. The van der Waals surface area contributed by atoms with Gasteiger partial charge in [0.2, 0.25) is 0 Å². The minimum absolute atomic E-state index is 0.165. The van der Waals surface area contributed by atoms with Crippen LogP contribution in [-0.2, 0) is 16.1 Å². The number of aromatic nitrogens is 1. The zero-order valence-electron chi connectivity index (χ0n) is 20.1. The zero-order valence-corrected chi connectivity index (χ0v) is 20.1. The third-order valence-electron chi connectivity index (χ3n) is 6.11. The number of rotatable bonds is 7. The van der Waals surface area contributed by atoms with Gasteiger partial charge >= 0.3 is 6.03 Å². The molecule has 1 aliphatic rings. The Morgan fingerprint density at radius 1 is 0.973 bits per heavy atom. The van der Waals surface area contributed by atoms with Crippen molar-refractivity contribution in [3.05, 3.63) is 102 Å². The first kappa shape index (κ1) is 24.0. The Kier molecular flexibility index (Phi) is 6.55.